The molecule has 0 spiro atoms. The first kappa shape index (κ1) is 21.9. The Bertz CT molecular complexity index is 1110. The van der Waals surface area contributed by atoms with E-state index < -0.39 is 17.7 Å². The predicted molar refractivity (Wildman–Crippen MR) is 105 cm³/mol. The maximum atomic E-state index is 13.3. The molecule has 1 aliphatic rings. The number of piperazine rings is 1. The van der Waals surface area contributed by atoms with E-state index in [4.69, 9.17) is 4.52 Å². The van der Waals surface area contributed by atoms with E-state index in [1.54, 1.807) is 4.90 Å². The van der Waals surface area contributed by atoms with Crippen molar-refractivity contribution in [1.82, 2.24) is 24.9 Å². The van der Waals surface area contributed by atoms with Crippen molar-refractivity contribution in [3.63, 3.8) is 0 Å². The third-order valence-corrected chi connectivity index (χ3v) is 5.37. The Morgan fingerprint density at radius 1 is 1.12 bits per heavy atom. The molecule has 1 fully saturated rings. The molecule has 2 aromatic heterocycles. The third kappa shape index (κ3) is 4.62. The highest BCUT2D eigenvalue weighted by Gasteiger charge is 2.31. The van der Waals surface area contributed by atoms with Gasteiger partial charge in [0.25, 0.3) is 5.91 Å². The fraction of sp³-hybridized carbons (Fsp3) is 0.333. The zero-order valence-electron chi connectivity index (χ0n) is 17.0. The summed E-state index contributed by atoms with van der Waals surface area (Å²) in [6.45, 7) is 3.71. The minimum atomic E-state index is -4.46. The monoisotopic (exact) mass is 449 g/mol. The van der Waals surface area contributed by atoms with Gasteiger partial charge in [-0.25, -0.2) is 4.98 Å². The molecule has 1 aromatic carbocycles. The van der Waals surface area contributed by atoms with E-state index >= 15 is 0 Å². The standard InChI is InChI=1S/C21H19F4N5O2/c1-13(19-27-18(28-32-19)14-3-2-4-16(11-14)21(23,24)25)29-7-9-30(10-8-29)20(31)15-5-6-26-17(22)12-15/h2-6,11-13H,7-10H2,1H3. The van der Waals surface area contributed by atoms with Gasteiger partial charge in [-0.2, -0.15) is 22.5 Å². The summed E-state index contributed by atoms with van der Waals surface area (Å²) in [5, 5.41) is 3.83. The Labute approximate surface area is 180 Å². The number of halogens is 4. The van der Waals surface area contributed by atoms with Gasteiger partial charge < -0.3 is 9.42 Å². The summed E-state index contributed by atoms with van der Waals surface area (Å²) in [5.74, 6) is -0.640. The molecule has 0 saturated carbocycles. The average molecular weight is 449 g/mol. The number of nitrogens with zero attached hydrogens (tertiary/aromatic N) is 5. The minimum absolute atomic E-state index is 0.0754. The third-order valence-electron chi connectivity index (χ3n) is 5.37. The number of amides is 1. The van der Waals surface area contributed by atoms with Gasteiger partial charge in [0.05, 0.1) is 11.6 Å². The molecular formula is C21H19F4N5O2. The van der Waals surface area contributed by atoms with Gasteiger partial charge in [-0.3, -0.25) is 9.69 Å². The summed E-state index contributed by atoms with van der Waals surface area (Å²) >= 11 is 0. The summed E-state index contributed by atoms with van der Waals surface area (Å²) in [6.07, 6.45) is -3.21. The van der Waals surface area contributed by atoms with Crippen LogP contribution in [0.2, 0.25) is 0 Å². The van der Waals surface area contributed by atoms with E-state index in [2.05, 4.69) is 15.1 Å². The zero-order valence-corrected chi connectivity index (χ0v) is 17.0. The van der Waals surface area contributed by atoms with Crippen LogP contribution in [0.1, 0.15) is 34.8 Å². The number of pyridine rings is 1. The Balaban J connectivity index is 1.41. The lowest BCUT2D eigenvalue weighted by atomic mass is 10.1. The average Bonchev–Trinajstić information content (AvgIpc) is 3.28. The van der Waals surface area contributed by atoms with Crippen LogP contribution in [-0.2, 0) is 6.18 Å². The van der Waals surface area contributed by atoms with Gasteiger partial charge in [0, 0.05) is 49.6 Å². The molecule has 0 bridgehead atoms. The quantitative estimate of drug-likeness (QED) is 0.446. The zero-order chi connectivity index (χ0) is 22.9. The van der Waals surface area contributed by atoms with Crippen LogP contribution in [0.25, 0.3) is 11.4 Å². The molecule has 32 heavy (non-hydrogen) atoms. The second-order valence-corrected chi connectivity index (χ2v) is 7.41. The summed E-state index contributed by atoms with van der Waals surface area (Å²) in [7, 11) is 0. The highest BCUT2D eigenvalue weighted by Crippen LogP contribution is 2.32. The summed E-state index contributed by atoms with van der Waals surface area (Å²) < 4.78 is 57.5. The van der Waals surface area contributed by atoms with Crippen molar-refractivity contribution < 1.29 is 26.9 Å². The fourth-order valence-electron chi connectivity index (χ4n) is 3.54. The SMILES string of the molecule is CC(c1nc(-c2cccc(C(F)(F)F)c2)no1)N1CCN(C(=O)c2ccnc(F)c2)CC1. The molecule has 11 heteroatoms. The maximum absolute atomic E-state index is 13.3. The van der Waals surface area contributed by atoms with Gasteiger partial charge in [-0.1, -0.05) is 17.3 Å². The van der Waals surface area contributed by atoms with Crippen molar-refractivity contribution in [2.24, 2.45) is 0 Å². The lowest BCUT2D eigenvalue weighted by Crippen LogP contribution is -2.49. The van der Waals surface area contributed by atoms with Crippen LogP contribution >= 0.6 is 0 Å². The van der Waals surface area contributed by atoms with Crippen LogP contribution in [0.15, 0.2) is 47.1 Å². The summed E-state index contributed by atoms with van der Waals surface area (Å²) in [6, 6.07) is 7.01. The van der Waals surface area contributed by atoms with Crippen LogP contribution in [0.5, 0.6) is 0 Å². The van der Waals surface area contributed by atoms with E-state index in [9.17, 15) is 22.4 Å². The minimum Gasteiger partial charge on any atom is -0.337 e. The number of hydrogen-bond donors (Lipinski definition) is 0. The first-order valence-corrected chi connectivity index (χ1v) is 9.88. The highest BCUT2D eigenvalue weighted by molar-refractivity contribution is 5.94. The predicted octanol–water partition coefficient (Wildman–Crippen LogP) is 3.81. The van der Waals surface area contributed by atoms with E-state index in [0.29, 0.717) is 26.2 Å². The second kappa shape index (κ2) is 8.65. The molecule has 168 valence electrons. The molecule has 1 amide bonds. The molecule has 3 heterocycles. The van der Waals surface area contributed by atoms with Crippen LogP contribution < -0.4 is 0 Å². The lowest BCUT2D eigenvalue weighted by molar-refractivity contribution is -0.137. The van der Waals surface area contributed by atoms with Gasteiger partial charge in [-0.05, 0) is 25.1 Å². The van der Waals surface area contributed by atoms with Crippen LogP contribution in [0.4, 0.5) is 17.6 Å². The first-order chi connectivity index (χ1) is 15.2. The number of alkyl halides is 3. The molecule has 7 nitrogen and oxygen atoms in total. The van der Waals surface area contributed by atoms with E-state index in [1.165, 1.54) is 24.4 Å². The van der Waals surface area contributed by atoms with Gasteiger partial charge in [0.15, 0.2) is 0 Å². The normalized spacial score (nSPS) is 16.2. The largest absolute Gasteiger partial charge is 0.416 e. The molecular weight excluding hydrogens is 430 g/mol. The number of carbonyl (C=O) groups excluding carboxylic acids is 1. The second-order valence-electron chi connectivity index (χ2n) is 7.41. The summed E-state index contributed by atoms with van der Waals surface area (Å²) in [4.78, 5) is 23.9. The highest BCUT2D eigenvalue weighted by atomic mass is 19.4. The van der Waals surface area contributed by atoms with E-state index in [0.717, 1.165) is 18.2 Å². The molecule has 4 rings (SSSR count). The van der Waals surface area contributed by atoms with Gasteiger partial charge in [0.1, 0.15) is 0 Å². The fourth-order valence-corrected chi connectivity index (χ4v) is 3.54. The molecule has 1 saturated heterocycles. The van der Waals surface area contributed by atoms with Crippen molar-refractivity contribution in [1.29, 1.82) is 0 Å². The number of hydrogen-bond acceptors (Lipinski definition) is 6. The summed E-state index contributed by atoms with van der Waals surface area (Å²) in [5.41, 5.74) is -0.340. The molecule has 1 atom stereocenters. The molecule has 0 N–H and O–H groups in total. The first-order valence-electron chi connectivity index (χ1n) is 9.88. The van der Waals surface area contributed by atoms with Gasteiger partial charge >= 0.3 is 6.18 Å². The van der Waals surface area contributed by atoms with Crippen molar-refractivity contribution in [2.75, 3.05) is 26.2 Å². The molecule has 1 aliphatic heterocycles. The van der Waals surface area contributed by atoms with Crippen LogP contribution in [0.3, 0.4) is 0 Å². The molecule has 3 aromatic rings. The van der Waals surface area contributed by atoms with Crippen LogP contribution in [-0.4, -0.2) is 57.0 Å². The Hall–Kier alpha value is -3.34. The smallest absolute Gasteiger partial charge is 0.337 e. The lowest BCUT2D eigenvalue weighted by Gasteiger charge is -2.36. The molecule has 0 radical (unpaired) electrons. The number of carbonyl (C=O) groups is 1. The van der Waals surface area contributed by atoms with Crippen molar-refractivity contribution in [3.8, 4) is 11.4 Å². The Kier molecular flexibility index (Phi) is 5.92. The number of aromatic nitrogens is 3. The Morgan fingerprint density at radius 3 is 2.56 bits per heavy atom. The van der Waals surface area contributed by atoms with Crippen molar-refractivity contribution in [2.45, 2.75) is 19.1 Å². The van der Waals surface area contributed by atoms with Crippen LogP contribution in [0, 0.1) is 5.95 Å². The molecule has 0 aliphatic carbocycles. The maximum Gasteiger partial charge on any atom is 0.416 e. The van der Waals surface area contributed by atoms with Crippen molar-refractivity contribution >= 4 is 5.91 Å². The van der Waals surface area contributed by atoms with Gasteiger partial charge in [-0.15, -0.1) is 0 Å². The number of benzene rings is 1. The number of rotatable bonds is 4. The topological polar surface area (TPSA) is 75.4 Å². The molecule has 1 unspecified atom stereocenters. The van der Waals surface area contributed by atoms with E-state index in [1.807, 2.05) is 11.8 Å². The Morgan fingerprint density at radius 2 is 1.88 bits per heavy atom. The van der Waals surface area contributed by atoms with E-state index in [-0.39, 0.29) is 34.8 Å². The van der Waals surface area contributed by atoms with Gasteiger partial charge in [0.2, 0.25) is 17.7 Å². The van der Waals surface area contributed by atoms with Crippen molar-refractivity contribution in [3.05, 3.63) is 65.6 Å².